The molecule has 2 rings (SSSR count). The van der Waals surface area contributed by atoms with Crippen LogP contribution in [0.1, 0.15) is 96.1 Å². The van der Waals surface area contributed by atoms with Gasteiger partial charge in [-0.2, -0.15) is 0 Å². The van der Waals surface area contributed by atoms with E-state index >= 15 is 0 Å². The number of unbranched alkanes of at least 4 members (excludes halogenated alkanes) is 6. The van der Waals surface area contributed by atoms with Gasteiger partial charge in [-0.3, -0.25) is 0 Å². The van der Waals surface area contributed by atoms with Crippen molar-refractivity contribution >= 4 is 5.97 Å². The highest BCUT2D eigenvalue weighted by atomic mass is 16.6. The van der Waals surface area contributed by atoms with Gasteiger partial charge in [0, 0.05) is 12.0 Å². The Morgan fingerprint density at radius 3 is 2.16 bits per heavy atom. The fraction of sp³-hybridized carbons (Fsp3) is 0.606. The Hall–Kier alpha value is -2.33. The van der Waals surface area contributed by atoms with Crippen molar-refractivity contribution in [1.82, 2.24) is 0 Å². The molecular weight excluding hydrogens is 458 g/mol. The van der Waals surface area contributed by atoms with E-state index in [4.69, 9.17) is 9.47 Å². The largest absolute Gasteiger partial charge is 0.487 e. The molecule has 4 heteroatoms. The first-order valence-electron chi connectivity index (χ1n) is 14.7. The molecule has 0 amide bonds. The topological polar surface area (TPSA) is 35.5 Å². The second kappa shape index (κ2) is 17.2. The molecule has 0 heterocycles. The highest BCUT2D eigenvalue weighted by Crippen LogP contribution is 2.21. The average molecular weight is 511 g/mol. The van der Waals surface area contributed by atoms with Crippen molar-refractivity contribution in [2.24, 2.45) is 0 Å². The normalized spacial score (nSPS) is 13.2. The van der Waals surface area contributed by atoms with Crippen LogP contribution in [-0.4, -0.2) is 43.3 Å². The number of likely N-dealkylation sites (N-methyl/N-ethyl adjacent to an activating group) is 1. The average Bonchev–Trinajstić information content (AvgIpc) is 2.89. The summed E-state index contributed by atoms with van der Waals surface area (Å²) in [7, 11) is 4.25. The Kier molecular flexibility index (Phi) is 14.4. The molecule has 0 aromatic heterocycles. The molecule has 0 aliphatic heterocycles. The number of rotatable bonds is 19. The zero-order valence-corrected chi connectivity index (χ0v) is 24.2. The van der Waals surface area contributed by atoms with Gasteiger partial charge in [0.2, 0.25) is 0 Å². The van der Waals surface area contributed by atoms with E-state index < -0.39 is 0 Å². The summed E-state index contributed by atoms with van der Waals surface area (Å²) >= 11 is 0. The Morgan fingerprint density at radius 2 is 1.49 bits per heavy atom. The molecule has 0 N–H and O–H groups in total. The van der Waals surface area contributed by atoms with Crippen LogP contribution >= 0.6 is 0 Å². The lowest BCUT2D eigenvalue weighted by Gasteiger charge is -2.36. The SMILES string of the molecule is CCCCCCCCCc1cccc(OC(CC)COC(=O)C(CCC)[N+](C)(C)Cc2ccccc2)c1. The van der Waals surface area contributed by atoms with Crippen LogP contribution in [0.2, 0.25) is 0 Å². The molecule has 2 atom stereocenters. The van der Waals surface area contributed by atoms with Crippen LogP contribution in [0.15, 0.2) is 54.6 Å². The Bertz CT molecular complexity index is 880. The third-order valence-electron chi connectivity index (χ3n) is 7.25. The van der Waals surface area contributed by atoms with Crippen LogP contribution in [0.25, 0.3) is 0 Å². The predicted octanol–water partition coefficient (Wildman–Crippen LogP) is 8.13. The highest BCUT2D eigenvalue weighted by Gasteiger charge is 2.36. The number of aryl methyl sites for hydroxylation is 1. The molecule has 0 aliphatic carbocycles. The number of nitrogens with zero attached hydrogens (tertiary/aromatic N) is 1. The molecule has 2 aromatic carbocycles. The van der Waals surface area contributed by atoms with Gasteiger partial charge in [-0.15, -0.1) is 0 Å². The monoisotopic (exact) mass is 510 g/mol. The van der Waals surface area contributed by atoms with E-state index in [1.54, 1.807) is 0 Å². The second-order valence-electron chi connectivity index (χ2n) is 11.0. The summed E-state index contributed by atoms with van der Waals surface area (Å²) in [6, 6.07) is 18.6. The quantitative estimate of drug-likeness (QED) is 0.109. The van der Waals surface area contributed by atoms with Gasteiger partial charge >= 0.3 is 5.97 Å². The summed E-state index contributed by atoms with van der Waals surface area (Å²) in [6.07, 6.45) is 12.7. The fourth-order valence-corrected chi connectivity index (χ4v) is 4.95. The first kappa shape index (κ1) is 30.9. The molecule has 2 aromatic rings. The van der Waals surface area contributed by atoms with Crippen LogP contribution in [0.4, 0.5) is 0 Å². The van der Waals surface area contributed by atoms with E-state index in [-0.39, 0.29) is 24.7 Å². The molecule has 0 aliphatic rings. The summed E-state index contributed by atoms with van der Waals surface area (Å²) < 4.78 is 12.7. The van der Waals surface area contributed by atoms with Gasteiger partial charge < -0.3 is 14.0 Å². The molecule has 0 saturated carbocycles. The lowest BCUT2D eigenvalue weighted by atomic mass is 10.0. The molecule has 206 valence electrons. The third-order valence-corrected chi connectivity index (χ3v) is 7.25. The summed E-state index contributed by atoms with van der Waals surface area (Å²) in [5.41, 5.74) is 2.55. The zero-order chi connectivity index (χ0) is 26.9. The molecule has 0 fully saturated rings. The molecule has 0 radical (unpaired) electrons. The Balaban J connectivity index is 1.87. The molecule has 4 nitrogen and oxygen atoms in total. The molecule has 2 unspecified atom stereocenters. The van der Waals surface area contributed by atoms with Crippen molar-refractivity contribution in [2.75, 3.05) is 20.7 Å². The summed E-state index contributed by atoms with van der Waals surface area (Å²) in [5.74, 6) is 0.742. The zero-order valence-electron chi connectivity index (χ0n) is 24.2. The molecule has 0 saturated heterocycles. The summed E-state index contributed by atoms with van der Waals surface area (Å²) in [4.78, 5) is 13.2. The minimum Gasteiger partial charge on any atom is -0.487 e. The van der Waals surface area contributed by atoms with Crippen molar-refractivity contribution in [2.45, 2.75) is 110 Å². The van der Waals surface area contributed by atoms with Crippen molar-refractivity contribution in [3.63, 3.8) is 0 Å². The van der Waals surface area contributed by atoms with Crippen LogP contribution < -0.4 is 4.74 Å². The van der Waals surface area contributed by atoms with Gasteiger partial charge in [-0.25, -0.2) is 4.79 Å². The minimum absolute atomic E-state index is 0.127. The standard InChI is InChI=1S/C33H52NO3/c1-6-9-10-11-12-13-15-20-28-23-18-24-31(25-28)37-30(8-3)27-36-33(35)32(19-7-2)34(4,5)26-29-21-16-14-17-22-29/h14,16-18,21-25,30,32H,6-13,15,19-20,26-27H2,1-5H3/q+1. The maximum Gasteiger partial charge on any atom is 0.365 e. The van der Waals surface area contributed by atoms with Crippen LogP contribution in [0, 0.1) is 0 Å². The van der Waals surface area contributed by atoms with Gasteiger partial charge in [0.15, 0.2) is 6.04 Å². The third kappa shape index (κ3) is 11.7. The Labute approximate surface area is 227 Å². The van der Waals surface area contributed by atoms with Crippen LogP contribution in [-0.2, 0) is 22.5 Å². The van der Waals surface area contributed by atoms with Gasteiger partial charge in [-0.05, 0) is 43.4 Å². The Morgan fingerprint density at radius 1 is 0.811 bits per heavy atom. The number of hydrogen-bond donors (Lipinski definition) is 0. The lowest BCUT2D eigenvalue weighted by Crippen LogP contribution is -2.53. The molecule has 0 bridgehead atoms. The molecule has 0 spiro atoms. The number of esters is 1. The van der Waals surface area contributed by atoms with Gasteiger partial charge in [0.1, 0.15) is 25.0 Å². The lowest BCUT2D eigenvalue weighted by molar-refractivity contribution is -0.920. The fourth-order valence-electron chi connectivity index (χ4n) is 4.95. The van der Waals surface area contributed by atoms with Crippen molar-refractivity contribution in [1.29, 1.82) is 0 Å². The van der Waals surface area contributed by atoms with E-state index in [0.29, 0.717) is 4.48 Å². The number of hydrogen-bond acceptors (Lipinski definition) is 3. The van der Waals surface area contributed by atoms with Gasteiger partial charge in [-0.1, -0.05) is 102 Å². The molecular formula is C33H52NO3+. The van der Waals surface area contributed by atoms with Crippen molar-refractivity contribution < 1.29 is 18.8 Å². The van der Waals surface area contributed by atoms with Crippen molar-refractivity contribution in [3.8, 4) is 5.75 Å². The van der Waals surface area contributed by atoms with Crippen LogP contribution in [0.5, 0.6) is 5.75 Å². The smallest absolute Gasteiger partial charge is 0.365 e. The number of quaternary nitrogens is 1. The maximum atomic E-state index is 13.2. The van der Waals surface area contributed by atoms with Crippen LogP contribution in [0.3, 0.4) is 0 Å². The predicted molar refractivity (Wildman–Crippen MR) is 155 cm³/mol. The number of ether oxygens (including phenoxy) is 2. The van der Waals surface area contributed by atoms with Gasteiger partial charge in [0.05, 0.1) is 14.1 Å². The summed E-state index contributed by atoms with van der Waals surface area (Å²) in [5, 5.41) is 0. The number of carbonyl (C=O) groups excluding carboxylic acids is 1. The van der Waals surface area contributed by atoms with E-state index in [1.807, 2.05) is 12.1 Å². The van der Waals surface area contributed by atoms with E-state index in [2.05, 4.69) is 77.3 Å². The minimum atomic E-state index is -0.201. The van der Waals surface area contributed by atoms with Crippen molar-refractivity contribution in [3.05, 3.63) is 65.7 Å². The van der Waals surface area contributed by atoms with E-state index in [1.165, 1.54) is 56.1 Å². The van der Waals surface area contributed by atoms with E-state index in [0.717, 1.165) is 38.0 Å². The first-order chi connectivity index (χ1) is 17.9. The number of carbonyl (C=O) groups is 1. The molecule has 37 heavy (non-hydrogen) atoms. The number of benzene rings is 2. The summed E-state index contributed by atoms with van der Waals surface area (Å²) in [6.45, 7) is 7.54. The first-order valence-corrected chi connectivity index (χ1v) is 14.7. The second-order valence-corrected chi connectivity index (χ2v) is 11.0. The maximum absolute atomic E-state index is 13.2. The highest BCUT2D eigenvalue weighted by molar-refractivity contribution is 5.74. The van der Waals surface area contributed by atoms with E-state index in [9.17, 15) is 4.79 Å². The van der Waals surface area contributed by atoms with Gasteiger partial charge in [0.25, 0.3) is 0 Å².